The van der Waals surface area contributed by atoms with Gasteiger partial charge in [0.1, 0.15) is 12.2 Å². The van der Waals surface area contributed by atoms with Crippen LogP contribution in [-0.2, 0) is 4.74 Å². The lowest BCUT2D eigenvalue weighted by molar-refractivity contribution is -0.278. The Hall–Kier alpha value is -0.420. The summed E-state index contributed by atoms with van der Waals surface area (Å²) in [6.45, 7) is -0.242. The molecule has 2 fully saturated rings. The van der Waals surface area contributed by atoms with Crippen molar-refractivity contribution in [3.63, 3.8) is 0 Å². The third-order valence-electron chi connectivity index (χ3n) is 3.55. The molecule has 2 rings (SSSR count). The normalized spacial score (nSPS) is 42.9. The molecule has 126 valence electrons. The summed E-state index contributed by atoms with van der Waals surface area (Å²) in [6.07, 6.45) is -3.52. The SMILES string of the molecule is NC1CC(N)CC(O)C1.NCC1O[C@H](O)CC(F)(F)[C@@H]1O. The molecule has 5 atom stereocenters. The van der Waals surface area contributed by atoms with Gasteiger partial charge in [-0.25, -0.2) is 8.78 Å². The van der Waals surface area contributed by atoms with Gasteiger partial charge < -0.3 is 37.3 Å². The van der Waals surface area contributed by atoms with Crippen molar-refractivity contribution in [3.8, 4) is 0 Å². The first kappa shape index (κ1) is 18.6. The lowest BCUT2D eigenvalue weighted by atomic mass is 9.90. The Labute approximate surface area is 122 Å². The molecule has 1 aliphatic carbocycles. The zero-order valence-electron chi connectivity index (χ0n) is 11.7. The monoisotopic (exact) mass is 313 g/mol. The highest BCUT2D eigenvalue weighted by Gasteiger charge is 2.49. The van der Waals surface area contributed by atoms with E-state index in [2.05, 4.69) is 4.74 Å². The fourth-order valence-electron chi connectivity index (χ4n) is 2.51. The van der Waals surface area contributed by atoms with Crippen LogP contribution >= 0.6 is 0 Å². The Morgan fingerprint density at radius 2 is 1.57 bits per heavy atom. The molecule has 1 saturated heterocycles. The molecule has 2 aliphatic rings. The van der Waals surface area contributed by atoms with Crippen LogP contribution in [0.2, 0.25) is 0 Å². The lowest BCUT2D eigenvalue weighted by Gasteiger charge is -2.36. The van der Waals surface area contributed by atoms with Crippen LogP contribution < -0.4 is 17.2 Å². The van der Waals surface area contributed by atoms with Gasteiger partial charge in [-0.2, -0.15) is 0 Å². The van der Waals surface area contributed by atoms with Crippen LogP contribution in [0.15, 0.2) is 0 Å². The number of ether oxygens (including phenoxy) is 1. The van der Waals surface area contributed by atoms with E-state index in [0.29, 0.717) is 12.8 Å². The fraction of sp³-hybridized carbons (Fsp3) is 1.00. The molecule has 3 unspecified atom stereocenters. The van der Waals surface area contributed by atoms with Gasteiger partial charge in [0.25, 0.3) is 5.92 Å². The van der Waals surface area contributed by atoms with Crippen LogP contribution in [0.4, 0.5) is 8.78 Å². The van der Waals surface area contributed by atoms with Crippen molar-refractivity contribution in [3.05, 3.63) is 0 Å². The third-order valence-corrected chi connectivity index (χ3v) is 3.55. The summed E-state index contributed by atoms with van der Waals surface area (Å²) in [5.41, 5.74) is 16.2. The first-order valence-corrected chi connectivity index (χ1v) is 6.94. The zero-order chi connectivity index (χ0) is 16.2. The highest BCUT2D eigenvalue weighted by Crippen LogP contribution is 2.32. The van der Waals surface area contributed by atoms with Gasteiger partial charge in [0.2, 0.25) is 0 Å². The summed E-state index contributed by atoms with van der Waals surface area (Å²) in [6, 6.07) is 0.229. The molecule has 9 heteroatoms. The molecule has 0 radical (unpaired) electrons. The molecule has 1 aliphatic heterocycles. The van der Waals surface area contributed by atoms with Crippen LogP contribution in [0.3, 0.4) is 0 Å². The summed E-state index contributed by atoms with van der Waals surface area (Å²) in [7, 11) is 0. The third kappa shape index (κ3) is 5.70. The number of rotatable bonds is 1. The summed E-state index contributed by atoms with van der Waals surface area (Å²) >= 11 is 0. The van der Waals surface area contributed by atoms with Crippen LogP contribution in [0.25, 0.3) is 0 Å². The van der Waals surface area contributed by atoms with E-state index in [1.165, 1.54) is 0 Å². The van der Waals surface area contributed by atoms with E-state index in [1.54, 1.807) is 0 Å². The number of hydrogen-bond acceptors (Lipinski definition) is 7. The smallest absolute Gasteiger partial charge is 0.280 e. The summed E-state index contributed by atoms with van der Waals surface area (Å²) in [5, 5.41) is 26.8. The molecule has 1 heterocycles. The van der Waals surface area contributed by atoms with Crippen LogP contribution in [-0.4, -0.2) is 64.5 Å². The summed E-state index contributed by atoms with van der Waals surface area (Å²) in [5.74, 6) is -3.32. The average Bonchev–Trinajstić information content (AvgIpc) is 2.32. The second kappa shape index (κ2) is 7.73. The molecule has 0 amide bonds. The van der Waals surface area contributed by atoms with E-state index in [4.69, 9.17) is 32.5 Å². The quantitative estimate of drug-likeness (QED) is 0.336. The van der Waals surface area contributed by atoms with Gasteiger partial charge >= 0.3 is 0 Å². The van der Waals surface area contributed by atoms with Crippen molar-refractivity contribution >= 4 is 0 Å². The molecule has 0 bridgehead atoms. The van der Waals surface area contributed by atoms with Gasteiger partial charge in [0, 0.05) is 18.6 Å². The van der Waals surface area contributed by atoms with Crippen LogP contribution in [0.5, 0.6) is 0 Å². The molecule has 0 spiro atoms. The highest BCUT2D eigenvalue weighted by atomic mass is 19.3. The summed E-state index contributed by atoms with van der Waals surface area (Å²) < 4.78 is 30.1. The van der Waals surface area contributed by atoms with E-state index in [1.807, 2.05) is 0 Å². The molecule has 0 aromatic heterocycles. The molecule has 1 saturated carbocycles. The van der Waals surface area contributed by atoms with Crippen molar-refractivity contribution in [1.29, 1.82) is 0 Å². The predicted octanol–water partition coefficient (Wildman–Crippen LogP) is -1.77. The van der Waals surface area contributed by atoms with Crippen LogP contribution in [0, 0.1) is 0 Å². The Kier molecular flexibility index (Phi) is 6.85. The van der Waals surface area contributed by atoms with E-state index >= 15 is 0 Å². The Bertz CT molecular complexity index is 300. The molecule has 21 heavy (non-hydrogen) atoms. The van der Waals surface area contributed by atoms with Crippen molar-refractivity contribution in [2.45, 2.75) is 68.3 Å². The zero-order valence-corrected chi connectivity index (χ0v) is 11.7. The highest BCUT2D eigenvalue weighted by molar-refractivity contribution is 4.88. The number of nitrogens with two attached hydrogens (primary N) is 3. The molecule has 0 aromatic rings. The van der Waals surface area contributed by atoms with Gasteiger partial charge in [-0.3, -0.25) is 0 Å². The Morgan fingerprint density at radius 1 is 1.05 bits per heavy atom. The second-order valence-electron chi connectivity index (χ2n) is 5.66. The van der Waals surface area contributed by atoms with Crippen molar-refractivity contribution in [1.82, 2.24) is 0 Å². The van der Waals surface area contributed by atoms with Gasteiger partial charge in [-0.15, -0.1) is 0 Å². The average molecular weight is 313 g/mol. The molecule has 9 N–H and O–H groups in total. The minimum atomic E-state index is -3.32. The topological polar surface area (TPSA) is 148 Å². The van der Waals surface area contributed by atoms with Gasteiger partial charge in [-0.05, 0) is 19.3 Å². The van der Waals surface area contributed by atoms with Gasteiger partial charge in [0.05, 0.1) is 12.5 Å². The molecule has 7 nitrogen and oxygen atoms in total. The van der Waals surface area contributed by atoms with E-state index in [0.717, 1.165) is 6.42 Å². The first-order valence-electron chi connectivity index (χ1n) is 6.94. The Morgan fingerprint density at radius 3 is 2.00 bits per heavy atom. The van der Waals surface area contributed by atoms with Crippen molar-refractivity contribution < 1.29 is 28.8 Å². The number of halogens is 2. The van der Waals surface area contributed by atoms with Gasteiger partial charge in [0.15, 0.2) is 6.29 Å². The van der Waals surface area contributed by atoms with E-state index < -0.39 is 30.8 Å². The maximum atomic E-state index is 12.7. The molecule has 0 aromatic carbocycles. The maximum Gasteiger partial charge on any atom is 0.280 e. The largest absolute Gasteiger partial charge is 0.393 e. The van der Waals surface area contributed by atoms with Crippen molar-refractivity contribution in [2.75, 3.05) is 6.54 Å². The number of alkyl halides is 2. The molecular formula is C12H25F2N3O4. The van der Waals surface area contributed by atoms with Crippen LogP contribution in [0.1, 0.15) is 25.7 Å². The molecular weight excluding hydrogens is 288 g/mol. The predicted molar refractivity (Wildman–Crippen MR) is 71.3 cm³/mol. The fourth-order valence-corrected chi connectivity index (χ4v) is 2.51. The number of hydrogen-bond donors (Lipinski definition) is 6. The van der Waals surface area contributed by atoms with E-state index in [9.17, 15) is 8.78 Å². The lowest BCUT2D eigenvalue weighted by Crippen LogP contribution is -2.55. The number of aliphatic hydroxyl groups excluding tert-OH is 3. The Balaban J connectivity index is 0.000000219. The maximum absolute atomic E-state index is 12.7. The second-order valence-corrected chi connectivity index (χ2v) is 5.66. The van der Waals surface area contributed by atoms with Crippen molar-refractivity contribution in [2.24, 2.45) is 17.2 Å². The number of aliphatic hydroxyl groups is 3. The summed E-state index contributed by atoms with van der Waals surface area (Å²) in [4.78, 5) is 0. The minimum absolute atomic E-state index is 0.115. The minimum Gasteiger partial charge on any atom is -0.393 e. The van der Waals surface area contributed by atoms with E-state index in [-0.39, 0.29) is 24.7 Å². The van der Waals surface area contributed by atoms with Gasteiger partial charge in [-0.1, -0.05) is 0 Å². The first-order chi connectivity index (χ1) is 9.65. The standard InChI is InChI=1S/C6H11F2NO3.C6H14N2O/c7-6(8)1-4(10)12-3(2-9)5(6)11;7-4-1-5(8)3-6(9)2-4/h3-5,10-11H,1-2,9H2;4-6,9H,1-3,7-8H2/t3?,4-,5+;/m0./s1.